The molecule has 0 saturated heterocycles. The summed E-state index contributed by atoms with van der Waals surface area (Å²) in [4.78, 5) is 16.5. The Kier molecular flexibility index (Phi) is 2.83. The van der Waals surface area contributed by atoms with Gasteiger partial charge in [0.15, 0.2) is 5.69 Å². The van der Waals surface area contributed by atoms with E-state index in [-0.39, 0.29) is 11.6 Å². The number of carbonyl (C=O) groups is 1. The average molecular weight is 267 g/mol. The lowest BCUT2D eigenvalue weighted by molar-refractivity contribution is 0.102. The van der Waals surface area contributed by atoms with Gasteiger partial charge in [-0.15, -0.1) is 0 Å². The van der Waals surface area contributed by atoms with Crippen LogP contribution in [0, 0.1) is 0 Å². The minimum Gasteiger partial charge on any atom is -0.396 e. The Morgan fingerprint density at radius 1 is 1.30 bits per heavy atom. The van der Waals surface area contributed by atoms with E-state index in [1.54, 1.807) is 19.4 Å². The monoisotopic (exact) mass is 267 g/mol. The zero-order chi connectivity index (χ0) is 14.1. The number of pyridine rings is 1. The number of nitrogens with zero attached hydrogens (tertiary/aromatic N) is 3. The number of nitrogens with one attached hydrogen (secondary N) is 1. The number of benzene rings is 1. The molecule has 0 fully saturated rings. The van der Waals surface area contributed by atoms with E-state index in [0.29, 0.717) is 11.4 Å². The maximum Gasteiger partial charge on any atom is 0.278 e. The molecule has 100 valence electrons. The Labute approximate surface area is 115 Å². The van der Waals surface area contributed by atoms with E-state index in [4.69, 9.17) is 5.73 Å². The summed E-state index contributed by atoms with van der Waals surface area (Å²) >= 11 is 0. The number of aromatic nitrogens is 3. The normalized spacial score (nSPS) is 10.7. The van der Waals surface area contributed by atoms with Gasteiger partial charge in [0, 0.05) is 24.8 Å². The average Bonchev–Trinajstić information content (AvgIpc) is 2.78. The highest BCUT2D eigenvalue weighted by atomic mass is 16.2. The summed E-state index contributed by atoms with van der Waals surface area (Å²) in [5.41, 5.74) is 7.82. The summed E-state index contributed by atoms with van der Waals surface area (Å²) in [6.07, 6.45) is 3.31. The first-order valence-electron chi connectivity index (χ1n) is 6.09. The van der Waals surface area contributed by atoms with Crippen molar-refractivity contribution in [2.45, 2.75) is 0 Å². The van der Waals surface area contributed by atoms with Crippen LogP contribution in [0.3, 0.4) is 0 Å². The molecule has 0 radical (unpaired) electrons. The highest BCUT2D eigenvalue weighted by Crippen LogP contribution is 2.22. The highest BCUT2D eigenvalue weighted by molar-refractivity contribution is 6.09. The van der Waals surface area contributed by atoms with Gasteiger partial charge in [0.05, 0.1) is 16.9 Å². The number of aryl methyl sites for hydroxylation is 1. The lowest BCUT2D eigenvalue weighted by Gasteiger charge is -2.07. The van der Waals surface area contributed by atoms with Gasteiger partial charge in [-0.1, -0.05) is 6.07 Å². The summed E-state index contributed by atoms with van der Waals surface area (Å²) in [6.45, 7) is 0. The molecular weight excluding hydrogens is 254 g/mol. The standard InChI is InChI=1S/C14H13N5O/c1-19-8-10(15)13(18-19)14(20)17-12-6-2-5-11-9(12)4-3-7-16-11/h2-8H,15H2,1H3,(H,17,20). The fourth-order valence-corrected chi connectivity index (χ4v) is 2.08. The maximum atomic E-state index is 12.2. The third-order valence-corrected chi connectivity index (χ3v) is 2.97. The second-order valence-corrected chi connectivity index (χ2v) is 4.44. The Hall–Kier alpha value is -2.89. The van der Waals surface area contributed by atoms with Crippen molar-refractivity contribution in [2.24, 2.45) is 7.05 Å². The first-order chi connectivity index (χ1) is 9.65. The second kappa shape index (κ2) is 4.65. The number of carbonyl (C=O) groups excluding carboxylic acids is 1. The predicted octanol–water partition coefficient (Wildman–Crippen LogP) is 1.80. The molecule has 0 atom stereocenters. The molecule has 0 aliphatic heterocycles. The molecule has 0 aliphatic rings. The van der Waals surface area contributed by atoms with E-state index >= 15 is 0 Å². The molecule has 1 aromatic carbocycles. The summed E-state index contributed by atoms with van der Waals surface area (Å²) in [6, 6.07) is 9.28. The quantitative estimate of drug-likeness (QED) is 0.741. The van der Waals surface area contributed by atoms with Crippen molar-refractivity contribution in [2.75, 3.05) is 11.1 Å². The fraction of sp³-hybridized carbons (Fsp3) is 0.0714. The van der Waals surface area contributed by atoms with Gasteiger partial charge in [0.1, 0.15) is 0 Å². The molecule has 0 saturated carbocycles. The van der Waals surface area contributed by atoms with Crippen LogP contribution >= 0.6 is 0 Å². The van der Waals surface area contributed by atoms with E-state index in [1.807, 2.05) is 30.3 Å². The molecule has 0 unspecified atom stereocenters. The zero-order valence-electron chi connectivity index (χ0n) is 10.9. The summed E-state index contributed by atoms with van der Waals surface area (Å²) < 4.78 is 1.51. The first-order valence-corrected chi connectivity index (χ1v) is 6.09. The van der Waals surface area contributed by atoms with Crippen LogP contribution in [-0.2, 0) is 7.05 Å². The van der Waals surface area contributed by atoms with Crippen molar-refractivity contribution in [3.8, 4) is 0 Å². The zero-order valence-corrected chi connectivity index (χ0v) is 10.9. The topological polar surface area (TPSA) is 85.8 Å². The fourth-order valence-electron chi connectivity index (χ4n) is 2.08. The molecule has 2 aromatic heterocycles. The summed E-state index contributed by atoms with van der Waals surface area (Å²) in [5, 5.41) is 7.74. The summed E-state index contributed by atoms with van der Waals surface area (Å²) in [7, 11) is 1.72. The van der Waals surface area contributed by atoms with E-state index in [2.05, 4.69) is 15.4 Å². The molecule has 0 bridgehead atoms. The maximum absolute atomic E-state index is 12.2. The van der Waals surface area contributed by atoms with Crippen molar-refractivity contribution in [1.82, 2.24) is 14.8 Å². The summed E-state index contributed by atoms with van der Waals surface area (Å²) in [5.74, 6) is -0.334. The van der Waals surface area contributed by atoms with Crippen LogP contribution in [0.1, 0.15) is 10.5 Å². The van der Waals surface area contributed by atoms with Crippen LogP contribution in [0.2, 0.25) is 0 Å². The third-order valence-electron chi connectivity index (χ3n) is 2.97. The number of nitrogens with two attached hydrogens (primary N) is 1. The van der Waals surface area contributed by atoms with Crippen molar-refractivity contribution in [1.29, 1.82) is 0 Å². The lowest BCUT2D eigenvalue weighted by atomic mass is 10.2. The molecule has 6 nitrogen and oxygen atoms in total. The largest absolute Gasteiger partial charge is 0.396 e. The molecule has 3 N–H and O–H groups in total. The minimum absolute atomic E-state index is 0.216. The smallest absolute Gasteiger partial charge is 0.278 e. The van der Waals surface area contributed by atoms with Crippen LogP contribution in [-0.4, -0.2) is 20.7 Å². The number of amides is 1. The van der Waals surface area contributed by atoms with E-state index in [1.165, 1.54) is 4.68 Å². The molecule has 6 heteroatoms. The Balaban J connectivity index is 1.97. The van der Waals surface area contributed by atoms with Gasteiger partial charge in [-0.2, -0.15) is 5.10 Å². The second-order valence-electron chi connectivity index (χ2n) is 4.44. The SMILES string of the molecule is Cn1cc(N)c(C(=O)Nc2cccc3ncccc23)n1. The van der Waals surface area contributed by atoms with Gasteiger partial charge >= 0.3 is 0 Å². The Morgan fingerprint density at radius 2 is 2.15 bits per heavy atom. The third kappa shape index (κ3) is 2.07. The number of hydrogen-bond acceptors (Lipinski definition) is 4. The molecular formula is C14H13N5O. The van der Waals surface area contributed by atoms with Gasteiger partial charge in [-0.05, 0) is 24.3 Å². The number of anilines is 2. The van der Waals surface area contributed by atoms with Gasteiger partial charge < -0.3 is 11.1 Å². The lowest BCUT2D eigenvalue weighted by Crippen LogP contribution is -2.14. The molecule has 3 rings (SSSR count). The van der Waals surface area contributed by atoms with E-state index < -0.39 is 0 Å². The number of nitrogen functional groups attached to an aromatic ring is 1. The van der Waals surface area contributed by atoms with E-state index in [9.17, 15) is 4.79 Å². The predicted molar refractivity (Wildman–Crippen MR) is 77.3 cm³/mol. The van der Waals surface area contributed by atoms with Gasteiger partial charge in [0.2, 0.25) is 0 Å². The van der Waals surface area contributed by atoms with Crippen molar-refractivity contribution in [3.63, 3.8) is 0 Å². The van der Waals surface area contributed by atoms with Crippen LogP contribution in [0.4, 0.5) is 11.4 Å². The number of hydrogen-bond donors (Lipinski definition) is 2. The van der Waals surface area contributed by atoms with Crippen LogP contribution in [0.25, 0.3) is 10.9 Å². The molecule has 3 aromatic rings. The van der Waals surface area contributed by atoms with Crippen LogP contribution in [0.15, 0.2) is 42.7 Å². The molecule has 2 heterocycles. The highest BCUT2D eigenvalue weighted by Gasteiger charge is 2.15. The minimum atomic E-state index is -0.334. The molecule has 0 spiro atoms. The first kappa shape index (κ1) is 12.2. The number of fused-ring (bicyclic) bond motifs is 1. The van der Waals surface area contributed by atoms with E-state index in [0.717, 1.165) is 10.9 Å². The van der Waals surface area contributed by atoms with Crippen molar-refractivity contribution >= 4 is 28.2 Å². The molecule has 0 aliphatic carbocycles. The van der Waals surface area contributed by atoms with Gasteiger partial charge in [0.25, 0.3) is 5.91 Å². The molecule has 20 heavy (non-hydrogen) atoms. The van der Waals surface area contributed by atoms with Crippen LogP contribution < -0.4 is 11.1 Å². The number of rotatable bonds is 2. The van der Waals surface area contributed by atoms with Gasteiger partial charge in [-0.3, -0.25) is 14.5 Å². The Morgan fingerprint density at radius 3 is 2.90 bits per heavy atom. The van der Waals surface area contributed by atoms with Gasteiger partial charge in [-0.25, -0.2) is 0 Å². The Bertz CT molecular complexity index is 788. The molecule has 1 amide bonds. The van der Waals surface area contributed by atoms with Crippen molar-refractivity contribution in [3.05, 3.63) is 48.4 Å². The van der Waals surface area contributed by atoms with Crippen molar-refractivity contribution < 1.29 is 4.79 Å². The van der Waals surface area contributed by atoms with Crippen LogP contribution in [0.5, 0.6) is 0 Å².